The summed E-state index contributed by atoms with van der Waals surface area (Å²) >= 11 is 3.31. The van der Waals surface area contributed by atoms with E-state index in [9.17, 15) is 14.4 Å². The molecule has 2 amide bonds. The third kappa shape index (κ3) is 4.17. The Bertz CT molecular complexity index is 928. The zero-order valence-electron chi connectivity index (χ0n) is 15.4. The van der Waals surface area contributed by atoms with Crippen molar-refractivity contribution in [2.45, 2.75) is 19.4 Å². The molecule has 0 fully saturated rings. The zero-order chi connectivity index (χ0) is 20.3. The second kappa shape index (κ2) is 8.02. The van der Waals surface area contributed by atoms with E-state index < -0.39 is 24.0 Å². The molecule has 0 unspecified atom stereocenters. The lowest BCUT2D eigenvalue weighted by Crippen LogP contribution is -2.59. The number of amides is 2. The van der Waals surface area contributed by atoms with Gasteiger partial charge < -0.3 is 14.8 Å². The van der Waals surface area contributed by atoms with E-state index in [1.165, 1.54) is 4.90 Å². The molecule has 0 saturated carbocycles. The van der Waals surface area contributed by atoms with Crippen LogP contribution in [0.5, 0.6) is 5.75 Å². The quantitative estimate of drug-likeness (QED) is 0.713. The summed E-state index contributed by atoms with van der Waals surface area (Å²) in [5, 5.41) is 2.78. The topological polar surface area (TPSA) is 84.9 Å². The van der Waals surface area contributed by atoms with Crippen molar-refractivity contribution >= 4 is 45.1 Å². The van der Waals surface area contributed by atoms with Crippen molar-refractivity contribution in [3.05, 3.63) is 53.0 Å². The number of para-hydroxylation sites is 2. The number of anilines is 2. The zero-order valence-corrected chi connectivity index (χ0v) is 17.0. The van der Waals surface area contributed by atoms with E-state index in [0.29, 0.717) is 17.1 Å². The molecule has 0 aliphatic carbocycles. The van der Waals surface area contributed by atoms with Gasteiger partial charge in [0, 0.05) is 4.47 Å². The Morgan fingerprint density at radius 3 is 2.61 bits per heavy atom. The standard InChI is InChI=1S/C20H19BrN2O5/c1-20(2)19(26)22-15-8-3-4-9-16(15)23(20)17(24)11-28-18(25)12-27-14-7-5-6-13(21)10-14/h3-10H,11-12H2,1-2H3,(H,22,26). The third-order valence-electron chi connectivity index (χ3n) is 4.27. The van der Waals surface area contributed by atoms with Gasteiger partial charge in [0.15, 0.2) is 13.2 Å². The summed E-state index contributed by atoms with van der Waals surface area (Å²) in [5.74, 6) is -0.992. The number of nitrogens with one attached hydrogen (secondary N) is 1. The van der Waals surface area contributed by atoms with Crippen molar-refractivity contribution in [2.24, 2.45) is 0 Å². The smallest absolute Gasteiger partial charge is 0.344 e. The van der Waals surface area contributed by atoms with Gasteiger partial charge in [-0.2, -0.15) is 0 Å². The summed E-state index contributed by atoms with van der Waals surface area (Å²) in [4.78, 5) is 38.5. The minimum Gasteiger partial charge on any atom is -0.482 e. The van der Waals surface area contributed by atoms with E-state index in [1.807, 2.05) is 6.07 Å². The summed E-state index contributed by atoms with van der Waals surface area (Å²) in [5.41, 5.74) is -0.0342. The second-order valence-electron chi connectivity index (χ2n) is 6.67. The normalized spacial score (nSPS) is 14.7. The number of hydrogen-bond acceptors (Lipinski definition) is 5. The fourth-order valence-corrected chi connectivity index (χ4v) is 3.22. The van der Waals surface area contributed by atoms with Gasteiger partial charge in [0.2, 0.25) is 5.91 Å². The van der Waals surface area contributed by atoms with Gasteiger partial charge in [-0.05, 0) is 44.2 Å². The van der Waals surface area contributed by atoms with Crippen LogP contribution in [0.25, 0.3) is 0 Å². The first kappa shape index (κ1) is 19.9. The highest BCUT2D eigenvalue weighted by Gasteiger charge is 2.43. The van der Waals surface area contributed by atoms with E-state index >= 15 is 0 Å². The van der Waals surface area contributed by atoms with Crippen LogP contribution in [0.4, 0.5) is 11.4 Å². The number of carbonyl (C=O) groups excluding carboxylic acids is 3. The molecule has 3 rings (SSSR count). The van der Waals surface area contributed by atoms with Crippen molar-refractivity contribution in [1.82, 2.24) is 0 Å². The highest BCUT2D eigenvalue weighted by Crippen LogP contribution is 2.36. The van der Waals surface area contributed by atoms with E-state index in [1.54, 1.807) is 56.3 Å². The summed E-state index contributed by atoms with van der Waals surface area (Å²) in [6, 6.07) is 14.0. The number of hydrogen-bond donors (Lipinski definition) is 1. The number of halogens is 1. The van der Waals surface area contributed by atoms with Crippen LogP contribution in [0.3, 0.4) is 0 Å². The third-order valence-corrected chi connectivity index (χ3v) is 4.76. The van der Waals surface area contributed by atoms with Crippen LogP contribution in [0.1, 0.15) is 13.8 Å². The number of ether oxygens (including phenoxy) is 2. The lowest BCUT2D eigenvalue weighted by atomic mass is 9.96. The highest BCUT2D eigenvalue weighted by atomic mass is 79.9. The molecule has 2 aromatic rings. The molecule has 146 valence electrons. The van der Waals surface area contributed by atoms with Crippen LogP contribution < -0.4 is 15.0 Å². The van der Waals surface area contributed by atoms with Crippen LogP contribution in [-0.2, 0) is 19.1 Å². The van der Waals surface area contributed by atoms with Crippen LogP contribution >= 0.6 is 15.9 Å². The summed E-state index contributed by atoms with van der Waals surface area (Å²) in [6.07, 6.45) is 0. The number of esters is 1. The van der Waals surface area contributed by atoms with Crippen LogP contribution in [0, 0.1) is 0 Å². The fraction of sp³-hybridized carbons (Fsp3) is 0.250. The van der Waals surface area contributed by atoms with Crippen LogP contribution in [-0.4, -0.2) is 36.5 Å². The fourth-order valence-electron chi connectivity index (χ4n) is 2.85. The molecule has 28 heavy (non-hydrogen) atoms. The van der Waals surface area contributed by atoms with Crippen molar-refractivity contribution in [3.8, 4) is 5.75 Å². The molecule has 0 atom stereocenters. The van der Waals surface area contributed by atoms with E-state index in [4.69, 9.17) is 9.47 Å². The Labute approximate surface area is 170 Å². The Balaban J connectivity index is 1.63. The average molecular weight is 447 g/mol. The van der Waals surface area contributed by atoms with Gasteiger partial charge in [0.25, 0.3) is 5.91 Å². The number of fused-ring (bicyclic) bond motifs is 1. The van der Waals surface area contributed by atoms with E-state index in [-0.39, 0.29) is 12.5 Å². The molecule has 2 aromatic carbocycles. The summed E-state index contributed by atoms with van der Waals surface area (Å²) in [6.45, 7) is 2.44. The molecule has 1 heterocycles. The molecule has 0 radical (unpaired) electrons. The molecule has 0 aromatic heterocycles. The number of nitrogens with zero attached hydrogens (tertiary/aromatic N) is 1. The molecular weight excluding hydrogens is 428 g/mol. The summed E-state index contributed by atoms with van der Waals surface area (Å²) < 4.78 is 11.2. The predicted octanol–water partition coefficient (Wildman–Crippen LogP) is 3.14. The van der Waals surface area contributed by atoms with Crippen molar-refractivity contribution in [3.63, 3.8) is 0 Å². The van der Waals surface area contributed by atoms with E-state index in [2.05, 4.69) is 21.2 Å². The first-order valence-electron chi connectivity index (χ1n) is 8.56. The Hall–Kier alpha value is -2.87. The van der Waals surface area contributed by atoms with E-state index in [0.717, 1.165) is 4.47 Å². The first-order chi connectivity index (χ1) is 13.3. The van der Waals surface area contributed by atoms with Crippen molar-refractivity contribution in [1.29, 1.82) is 0 Å². The van der Waals surface area contributed by atoms with Gasteiger partial charge in [-0.25, -0.2) is 4.79 Å². The molecule has 1 aliphatic heterocycles. The van der Waals surface area contributed by atoms with Crippen LogP contribution in [0.15, 0.2) is 53.0 Å². The first-order valence-corrected chi connectivity index (χ1v) is 9.36. The maximum absolute atomic E-state index is 12.8. The number of rotatable bonds is 5. The van der Waals surface area contributed by atoms with Gasteiger partial charge in [-0.3, -0.25) is 14.5 Å². The molecular formula is C20H19BrN2O5. The minimum atomic E-state index is -1.12. The monoisotopic (exact) mass is 446 g/mol. The van der Waals surface area contributed by atoms with Crippen molar-refractivity contribution < 1.29 is 23.9 Å². The van der Waals surface area contributed by atoms with Gasteiger partial charge in [0.1, 0.15) is 11.3 Å². The molecule has 1 N–H and O–H groups in total. The lowest BCUT2D eigenvalue weighted by molar-refractivity contribution is -0.150. The second-order valence-corrected chi connectivity index (χ2v) is 7.58. The maximum atomic E-state index is 12.8. The maximum Gasteiger partial charge on any atom is 0.344 e. The van der Waals surface area contributed by atoms with Gasteiger partial charge in [0.05, 0.1) is 11.4 Å². The molecule has 1 aliphatic rings. The Kier molecular flexibility index (Phi) is 5.69. The van der Waals surface area contributed by atoms with Crippen molar-refractivity contribution in [2.75, 3.05) is 23.4 Å². The van der Waals surface area contributed by atoms with Gasteiger partial charge in [-0.1, -0.05) is 34.1 Å². The lowest BCUT2D eigenvalue weighted by Gasteiger charge is -2.41. The van der Waals surface area contributed by atoms with Crippen LogP contribution in [0.2, 0.25) is 0 Å². The average Bonchev–Trinajstić information content (AvgIpc) is 2.65. The molecule has 0 bridgehead atoms. The number of benzene rings is 2. The van der Waals surface area contributed by atoms with Gasteiger partial charge in [-0.15, -0.1) is 0 Å². The largest absolute Gasteiger partial charge is 0.482 e. The predicted molar refractivity (Wildman–Crippen MR) is 107 cm³/mol. The molecule has 8 heteroatoms. The molecule has 0 saturated heterocycles. The van der Waals surface area contributed by atoms with Gasteiger partial charge >= 0.3 is 5.97 Å². The molecule has 0 spiro atoms. The Morgan fingerprint density at radius 2 is 1.86 bits per heavy atom. The number of carbonyl (C=O) groups is 3. The Morgan fingerprint density at radius 1 is 1.11 bits per heavy atom. The highest BCUT2D eigenvalue weighted by molar-refractivity contribution is 9.10. The SMILES string of the molecule is CC1(C)C(=O)Nc2ccccc2N1C(=O)COC(=O)COc1cccc(Br)c1. The molecule has 7 nitrogen and oxygen atoms in total. The summed E-state index contributed by atoms with van der Waals surface area (Å²) in [7, 11) is 0. The minimum absolute atomic E-state index is 0.316.